The number of rotatable bonds is 3. The fourth-order valence-electron chi connectivity index (χ4n) is 1.26. The maximum atomic E-state index is 6.11. The molecule has 2 aromatic rings. The van der Waals surface area contributed by atoms with Crippen LogP contribution in [-0.2, 0) is 6.54 Å². The number of hydrogen-bond donors (Lipinski definition) is 1. The molecule has 0 aliphatic rings. The Labute approximate surface area is 120 Å². The first-order valence-electron chi connectivity index (χ1n) is 4.57. The van der Waals surface area contributed by atoms with Crippen molar-refractivity contribution in [3.8, 4) is 0 Å². The fourth-order valence-corrected chi connectivity index (χ4v) is 3.43. The predicted octanol–water partition coefficient (Wildman–Crippen LogP) is 5.54. The molecule has 2 rings (SSSR count). The second-order valence-electron chi connectivity index (χ2n) is 3.17. The van der Waals surface area contributed by atoms with Crippen LogP contribution < -0.4 is 5.32 Å². The van der Waals surface area contributed by atoms with Crippen LogP contribution in [0.25, 0.3) is 0 Å². The Morgan fingerprint density at radius 2 is 2.06 bits per heavy atom. The zero-order valence-electron chi connectivity index (χ0n) is 8.14. The van der Waals surface area contributed by atoms with Crippen molar-refractivity contribution in [1.82, 2.24) is 0 Å². The van der Waals surface area contributed by atoms with E-state index in [0.29, 0.717) is 0 Å². The fraction of sp³-hybridized carbons (Fsp3) is 0.0909. The lowest BCUT2D eigenvalue weighted by Crippen LogP contribution is -1.98. The number of benzene rings is 1. The van der Waals surface area contributed by atoms with Crippen molar-refractivity contribution in [2.75, 3.05) is 5.32 Å². The summed E-state index contributed by atoms with van der Waals surface area (Å²) in [5.41, 5.74) is 0.949. The van der Waals surface area contributed by atoms with Crippen LogP contribution in [0.15, 0.2) is 38.6 Å². The second kappa shape index (κ2) is 5.54. The lowest BCUT2D eigenvalue weighted by atomic mass is 10.3. The van der Waals surface area contributed by atoms with Gasteiger partial charge in [0, 0.05) is 13.8 Å². The van der Waals surface area contributed by atoms with Gasteiger partial charge in [0.15, 0.2) is 0 Å². The summed E-state index contributed by atoms with van der Waals surface area (Å²) in [6.45, 7) is 0.777. The van der Waals surface area contributed by atoms with Crippen LogP contribution >= 0.6 is 54.8 Å². The Morgan fingerprint density at radius 3 is 2.69 bits per heavy atom. The lowest BCUT2D eigenvalue weighted by Gasteiger charge is -2.07. The average molecular weight is 382 g/mol. The monoisotopic (exact) mass is 379 g/mol. The predicted molar refractivity (Wildman–Crippen MR) is 78.5 cm³/mol. The average Bonchev–Trinajstić information content (AvgIpc) is 2.63. The maximum Gasteiger partial charge on any atom is 0.0648 e. The Morgan fingerprint density at radius 1 is 1.25 bits per heavy atom. The molecule has 1 heterocycles. The van der Waals surface area contributed by atoms with Gasteiger partial charge in [-0.2, -0.15) is 0 Å². The zero-order chi connectivity index (χ0) is 11.5. The van der Waals surface area contributed by atoms with E-state index in [0.717, 1.165) is 26.2 Å². The SMILES string of the molecule is Clc1cc(Br)ccc1NCc1sccc1Br. The summed E-state index contributed by atoms with van der Waals surface area (Å²) in [5, 5.41) is 6.09. The molecule has 0 saturated carbocycles. The molecule has 0 amide bonds. The third kappa shape index (κ3) is 3.00. The molecule has 0 unspecified atom stereocenters. The molecule has 1 aromatic heterocycles. The van der Waals surface area contributed by atoms with Gasteiger partial charge in [-0.05, 0) is 45.6 Å². The van der Waals surface area contributed by atoms with E-state index < -0.39 is 0 Å². The summed E-state index contributed by atoms with van der Waals surface area (Å²) in [4.78, 5) is 1.26. The van der Waals surface area contributed by atoms with E-state index in [2.05, 4.69) is 42.6 Å². The highest BCUT2D eigenvalue weighted by molar-refractivity contribution is 9.10. The summed E-state index contributed by atoms with van der Waals surface area (Å²) in [7, 11) is 0. The summed E-state index contributed by atoms with van der Waals surface area (Å²) in [6.07, 6.45) is 0. The molecular weight excluding hydrogens is 373 g/mol. The van der Waals surface area contributed by atoms with Crippen molar-refractivity contribution in [3.63, 3.8) is 0 Å². The summed E-state index contributed by atoms with van der Waals surface area (Å²) in [5.74, 6) is 0. The standard InChI is InChI=1S/C11H8Br2ClNS/c12-7-1-2-10(9(14)5-7)15-6-11-8(13)3-4-16-11/h1-5,15H,6H2. The molecule has 0 fully saturated rings. The van der Waals surface area contributed by atoms with Crippen LogP contribution in [0.5, 0.6) is 0 Å². The number of hydrogen-bond acceptors (Lipinski definition) is 2. The van der Waals surface area contributed by atoms with Crippen molar-refractivity contribution >= 4 is 60.5 Å². The van der Waals surface area contributed by atoms with Crippen molar-refractivity contribution in [2.45, 2.75) is 6.54 Å². The summed E-state index contributed by atoms with van der Waals surface area (Å²) >= 11 is 14.7. The van der Waals surface area contributed by atoms with Gasteiger partial charge in [-0.3, -0.25) is 0 Å². The highest BCUT2D eigenvalue weighted by atomic mass is 79.9. The Bertz CT molecular complexity index is 498. The van der Waals surface area contributed by atoms with E-state index >= 15 is 0 Å². The highest BCUT2D eigenvalue weighted by Crippen LogP contribution is 2.28. The van der Waals surface area contributed by atoms with E-state index in [-0.39, 0.29) is 0 Å². The summed E-state index contributed by atoms with van der Waals surface area (Å²) < 4.78 is 2.12. The van der Waals surface area contributed by atoms with Crippen LogP contribution in [0.3, 0.4) is 0 Å². The Balaban J connectivity index is 2.08. The van der Waals surface area contributed by atoms with Crippen molar-refractivity contribution in [3.05, 3.63) is 48.5 Å². The quantitative estimate of drug-likeness (QED) is 0.736. The van der Waals surface area contributed by atoms with Crippen molar-refractivity contribution in [2.24, 2.45) is 0 Å². The van der Waals surface area contributed by atoms with Crippen molar-refractivity contribution in [1.29, 1.82) is 0 Å². The molecule has 0 radical (unpaired) electrons. The van der Waals surface area contributed by atoms with Crippen molar-refractivity contribution < 1.29 is 0 Å². The van der Waals surface area contributed by atoms with E-state index in [1.54, 1.807) is 11.3 Å². The largest absolute Gasteiger partial charge is 0.379 e. The second-order valence-corrected chi connectivity index (χ2v) is 6.35. The Hall–Kier alpha value is -0.0300. The minimum Gasteiger partial charge on any atom is -0.379 e. The molecule has 1 aromatic carbocycles. The smallest absolute Gasteiger partial charge is 0.0648 e. The molecule has 5 heteroatoms. The maximum absolute atomic E-state index is 6.11. The lowest BCUT2D eigenvalue weighted by molar-refractivity contribution is 1.18. The van der Waals surface area contributed by atoms with Gasteiger partial charge in [0.05, 0.1) is 17.3 Å². The molecule has 0 spiro atoms. The van der Waals surface area contributed by atoms with E-state index in [1.165, 1.54) is 4.88 Å². The molecule has 0 aliphatic carbocycles. The van der Waals surface area contributed by atoms with Crippen LogP contribution in [0.2, 0.25) is 5.02 Å². The first-order valence-corrected chi connectivity index (χ1v) is 7.42. The van der Waals surface area contributed by atoms with Crippen LogP contribution in [0.4, 0.5) is 5.69 Å². The van der Waals surface area contributed by atoms with Gasteiger partial charge in [0.1, 0.15) is 0 Å². The van der Waals surface area contributed by atoms with Crippen LogP contribution in [-0.4, -0.2) is 0 Å². The molecule has 0 atom stereocenters. The van der Waals surface area contributed by atoms with Gasteiger partial charge in [-0.25, -0.2) is 0 Å². The molecule has 1 N–H and O–H groups in total. The minimum absolute atomic E-state index is 0.724. The molecular formula is C11H8Br2ClNS. The first kappa shape index (κ1) is 12.4. The topological polar surface area (TPSA) is 12.0 Å². The van der Waals surface area contributed by atoms with E-state index in [9.17, 15) is 0 Å². The number of anilines is 1. The van der Waals surface area contributed by atoms with Gasteiger partial charge < -0.3 is 5.32 Å². The third-order valence-electron chi connectivity index (χ3n) is 2.06. The van der Waals surface area contributed by atoms with E-state index in [4.69, 9.17) is 11.6 Å². The number of nitrogens with one attached hydrogen (secondary N) is 1. The summed E-state index contributed by atoms with van der Waals surface area (Å²) in [6, 6.07) is 7.86. The molecule has 16 heavy (non-hydrogen) atoms. The first-order chi connectivity index (χ1) is 7.66. The van der Waals surface area contributed by atoms with Crippen LogP contribution in [0.1, 0.15) is 4.88 Å². The molecule has 0 aliphatic heterocycles. The highest BCUT2D eigenvalue weighted by Gasteiger charge is 2.03. The minimum atomic E-state index is 0.724. The normalized spacial score (nSPS) is 10.4. The third-order valence-corrected chi connectivity index (χ3v) is 4.79. The molecule has 0 bridgehead atoms. The van der Waals surface area contributed by atoms with Gasteiger partial charge in [0.2, 0.25) is 0 Å². The van der Waals surface area contributed by atoms with E-state index in [1.807, 2.05) is 24.3 Å². The van der Waals surface area contributed by atoms with Gasteiger partial charge >= 0.3 is 0 Å². The van der Waals surface area contributed by atoms with Gasteiger partial charge in [0.25, 0.3) is 0 Å². The molecule has 0 saturated heterocycles. The molecule has 84 valence electrons. The zero-order valence-corrected chi connectivity index (χ0v) is 12.9. The van der Waals surface area contributed by atoms with Gasteiger partial charge in [-0.1, -0.05) is 27.5 Å². The molecule has 1 nitrogen and oxygen atoms in total. The van der Waals surface area contributed by atoms with Crippen LogP contribution in [0, 0.1) is 0 Å². The Kier molecular flexibility index (Phi) is 4.30. The number of halogens is 3. The number of thiophene rings is 1. The van der Waals surface area contributed by atoms with Gasteiger partial charge in [-0.15, -0.1) is 11.3 Å².